The zero-order valence-electron chi connectivity index (χ0n) is 7.45. The highest BCUT2D eigenvalue weighted by Gasteiger charge is 2.22. The largest absolute Gasteiger partial charge is 0.330 e. The van der Waals surface area contributed by atoms with Gasteiger partial charge in [0.15, 0.2) is 0 Å². The summed E-state index contributed by atoms with van der Waals surface area (Å²) in [6.45, 7) is 3.30. The number of nitrogens with two attached hydrogens (primary N) is 3. The Morgan fingerprint density at radius 2 is 2.00 bits per heavy atom. The molecule has 1 heterocycles. The smallest absolute Gasteiger partial charge is 0.0383 e. The molecule has 1 rings (SSSR count). The van der Waals surface area contributed by atoms with Crippen LogP contribution in [0.4, 0.5) is 0 Å². The van der Waals surface area contributed by atoms with Gasteiger partial charge in [-0.25, -0.2) is 10.0 Å². The first-order valence-electron chi connectivity index (χ1n) is 4.45. The molecular weight excluding hydrogens is 154 g/mol. The van der Waals surface area contributed by atoms with Crippen LogP contribution in [-0.4, -0.2) is 42.2 Å². The van der Waals surface area contributed by atoms with Crippen LogP contribution in [0.5, 0.6) is 0 Å². The lowest BCUT2D eigenvalue weighted by Gasteiger charge is -2.36. The van der Waals surface area contributed by atoms with Crippen LogP contribution in [0.1, 0.15) is 12.8 Å². The number of rotatable bonds is 3. The van der Waals surface area contributed by atoms with Crippen molar-refractivity contribution in [3.8, 4) is 0 Å². The molecule has 0 aliphatic carbocycles. The molecule has 1 aliphatic rings. The Morgan fingerprint density at radius 1 is 1.25 bits per heavy atom. The lowest BCUT2D eigenvalue weighted by atomic mass is 10.1. The molecule has 1 fully saturated rings. The Balaban J connectivity index is 2.28. The van der Waals surface area contributed by atoms with Crippen molar-refractivity contribution in [2.45, 2.75) is 18.9 Å². The van der Waals surface area contributed by atoms with E-state index in [0.29, 0.717) is 6.04 Å². The van der Waals surface area contributed by atoms with Gasteiger partial charge in [0.05, 0.1) is 0 Å². The minimum atomic E-state index is 0.382. The van der Waals surface area contributed by atoms with E-state index in [9.17, 15) is 0 Å². The molecule has 0 spiro atoms. The van der Waals surface area contributed by atoms with Crippen LogP contribution < -0.4 is 17.4 Å². The van der Waals surface area contributed by atoms with Crippen molar-refractivity contribution in [1.82, 2.24) is 10.0 Å². The second-order valence-corrected chi connectivity index (χ2v) is 3.32. The number of piperazine rings is 1. The van der Waals surface area contributed by atoms with Crippen LogP contribution in [0.3, 0.4) is 0 Å². The summed E-state index contributed by atoms with van der Waals surface area (Å²) in [6, 6.07) is 0.382. The summed E-state index contributed by atoms with van der Waals surface area (Å²) < 4.78 is 0. The molecule has 72 valence electrons. The first kappa shape index (κ1) is 9.88. The lowest BCUT2D eigenvalue weighted by Crippen LogP contribution is -2.57. The molecule has 1 unspecified atom stereocenters. The number of nitrogens with zero attached hydrogens (tertiary/aromatic N) is 2. The Morgan fingerprint density at radius 3 is 2.67 bits per heavy atom. The summed E-state index contributed by atoms with van der Waals surface area (Å²) in [5.74, 6) is 11.5. The van der Waals surface area contributed by atoms with Crippen LogP contribution in [0.2, 0.25) is 0 Å². The summed E-state index contributed by atoms with van der Waals surface area (Å²) in [5, 5.41) is 3.70. The topological polar surface area (TPSA) is 84.5 Å². The van der Waals surface area contributed by atoms with Crippen molar-refractivity contribution in [2.75, 3.05) is 26.2 Å². The van der Waals surface area contributed by atoms with Crippen molar-refractivity contribution in [1.29, 1.82) is 0 Å². The molecule has 5 nitrogen and oxygen atoms in total. The molecule has 1 saturated heterocycles. The fourth-order valence-corrected chi connectivity index (χ4v) is 1.50. The van der Waals surface area contributed by atoms with Gasteiger partial charge in [-0.2, -0.15) is 0 Å². The molecule has 1 atom stereocenters. The number of hydrogen-bond acceptors (Lipinski definition) is 5. The monoisotopic (exact) mass is 173 g/mol. The summed E-state index contributed by atoms with van der Waals surface area (Å²) in [4.78, 5) is 0. The van der Waals surface area contributed by atoms with E-state index in [-0.39, 0.29) is 0 Å². The molecule has 0 bridgehead atoms. The van der Waals surface area contributed by atoms with Gasteiger partial charge in [0.25, 0.3) is 0 Å². The summed E-state index contributed by atoms with van der Waals surface area (Å²) >= 11 is 0. The van der Waals surface area contributed by atoms with E-state index in [1.165, 1.54) is 0 Å². The van der Waals surface area contributed by atoms with Gasteiger partial charge in [-0.3, -0.25) is 11.7 Å². The average molecular weight is 173 g/mol. The molecule has 0 saturated carbocycles. The zero-order valence-corrected chi connectivity index (χ0v) is 7.45. The van der Waals surface area contributed by atoms with Crippen LogP contribution in [-0.2, 0) is 0 Å². The minimum absolute atomic E-state index is 0.382. The molecule has 6 N–H and O–H groups in total. The highest BCUT2D eigenvalue weighted by atomic mass is 15.5. The van der Waals surface area contributed by atoms with E-state index in [1.54, 1.807) is 0 Å². The van der Waals surface area contributed by atoms with Gasteiger partial charge in [-0.1, -0.05) is 0 Å². The van der Waals surface area contributed by atoms with Crippen LogP contribution >= 0.6 is 0 Å². The van der Waals surface area contributed by atoms with Gasteiger partial charge in [0, 0.05) is 25.7 Å². The van der Waals surface area contributed by atoms with Gasteiger partial charge < -0.3 is 5.73 Å². The maximum atomic E-state index is 5.79. The first-order valence-corrected chi connectivity index (χ1v) is 4.45. The third kappa shape index (κ3) is 2.69. The van der Waals surface area contributed by atoms with E-state index in [2.05, 4.69) is 0 Å². The zero-order chi connectivity index (χ0) is 8.97. The van der Waals surface area contributed by atoms with E-state index < -0.39 is 0 Å². The van der Waals surface area contributed by atoms with Gasteiger partial charge in [-0.15, -0.1) is 0 Å². The fourth-order valence-electron chi connectivity index (χ4n) is 1.50. The van der Waals surface area contributed by atoms with Crippen LogP contribution in [0.15, 0.2) is 0 Å². The molecule has 12 heavy (non-hydrogen) atoms. The minimum Gasteiger partial charge on any atom is -0.330 e. The summed E-state index contributed by atoms with van der Waals surface area (Å²) in [6.07, 6.45) is 2.06. The van der Waals surface area contributed by atoms with Gasteiger partial charge >= 0.3 is 0 Å². The molecule has 0 aromatic heterocycles. The maximum Gasteiger partial charge on any atom is 0.0383 e. The van der Waals surface area contributed by atoms with Crippen molar-refractivity contribution in [3.05, 3.63) is 0 Å². The predicted octanol–water partition coefficient (Wildman–Crippen LogP) is -1.54. The Kier molecular flexibility index (Phi) is 3.90. The van der Waals surface area contributed by atoms with Crippen molar-refractivity contribution >= 4 is 0 Å². The van der Waals surface area contributed by atoms with Gasteiger partial charge in [0.2, 0.25) is 0 Å². The Bertz CT molecular complexity index is 129. The van der Waals surface area contributed by atoms with E-state index in [0.717, 1.165) is 39.0 Å². The van der Waals surface area contributed by atoms with E-state index >= 15 is 0 Å². The van der Waals surface area contributed by atoms with Crippen molar-refractivity contribution in [2.24, 2.45) is 17.4 Å². The SMILES string of the molecule is NCCCC1CN(N)CCN1N. The fraction of sp³-hybridized carbons (Fsp3) is 1.00. The molecule has 0 aromatic rings. The molecule has 1 aliphatic heterocycles. The highest BCUT2D eigenvalue weighted by Crippen LogP contribution is 2.07. The summed E-state index contributed by atoms with van der Waals surface area (Å²) in [5.41, 5.74) is 5.42. The number of hydrazine groups is 2. The second kappa shape index (κ2) is 4.74. The molecule has 0 aromatic carbocycles. The van der Waals surface area contributed by atoms with Crippen molar-refractivity contribution in [3.63, 3.8) is 0 Å². The van der Waals surface area contributed by atoms with E-state index in [1.807, 2.05) is 10.0 Å². The molecule has 0 radical (unpaired) electrons. The maximum absolute atomic E-state index is 5.79. The summed E-state index contributed by atoms with van der Waals surface area (Å²) in [7, 11) is 0. The predicted molar refractivity (Wildman–Crippen MR) is 48.7 cm³/mol. The van der Waals surface area contributed by atoms with Crippen molar-refractivity contribution < 1.29 is 0 Å². The Labute approximate surface area is 73.4 Å². The third-order valence-electron chi connectivity index (χ3n) is 2.30. The van der Waals surface area contributed by atoms with Gasteiger partial charge in [0.1, 0.15) is 0 Å². The lowest BCUT2D eigenvalue weighted by molar-refractivity contribution is 0.0692. The highest BCUT2D eigenvalue weighted by molar-refractivity contribution is 4.76. The standard InChI is InChI=1S/C7H19N5/c8-3-1-2-7-6-11(9)4-5-12(7)10/h7H,1-6,8-10H2. The second-order valence-electron chi connectivity index (χ2n) is 3.32. The normalized spacial score (nSPS) is 27.8. The molecule has 0 amide bonds. The van der Waals surface area contributed by atoms with Crippen LogP contribution in [0.25, 0.3) is 0 Å². The first-order chi connectivity index (χ1) is 5.74. The van der Waals surface area contributed by atoms with Crippen LogP contribution in [0, 0.1) is 0 Å². The molecule has 5 heteroatoms. The Hall–Kier alpha value is -0.200. The quantitative estimate of drug-likeness (QED) is 0.450. The molecular formula is C7H19N5. The van der Waals surface area contributed by atoms with E-state index in [4.69, 9.17) is 17.4 Å². The number of hydrogen-bond donors (Lipinski definition) is 3. The average Bonchev–Trinajstić information content (AvgIpc) is 2.07. The third-order valence-corrected chi connectivity index (χ3v) is 2.30. The van der Waals surface area contributed by atoms with Gasteiger partial charge in [-0.05, 0) is 19.4 Å².